The van der Waals surface area contributed by atoms with Crippen molar-refractivity contribution in [3.05, 3.63) is 35.4 Å². The summed E-state index contributed by atoms with van der Waals surface area (Å²) in [5.74, 6) is -4.00. The molecule has 0 N–H and O–H groups in total. The van der Waals surface area contributed by atoms with E-state index in [0.29, 0.717) is 6.07 Å². The fourth-order valence-electron chi connectivity index (χ4n) is 1.88. The van der Waals surface area contributed by atoms with E-state index in [4.69, 9.17) is 0 Å². The summed E-state index contributed by atoms with van der Waals surface area (Å²) >= 11 is 0. The quantitative estimate of drug-likeness (QED) is 0.612. The number of carbonyl (C=O) groups is 2. The first-order valence-corrected chi connectivity index (χ1v) is 6.43. The number of amides is 1. The van der Waals surface area contributed by atoms with Crippen molar-refractivity contribution in [1.82, 2.24) is 4.90 Å². The number of methoxy groups -OCH3 is 1. The molecule has 4 nitrogen and oxygen atoms in total. The molecule has 0 saturated heterocycles. The number of carbonyl (C=O) groups excluding carboxylic acids is 2. The number of halogens is 5. The van der Waals surface area contributed by atoms with E-state index < -0.39 is 54.3 Å². The van der Waals surface area contributed by atoms with Crippen molar-refractivity contribution in [2.45, 2.75) is 25.6 Å². The molecule has 0 aromatic heterocycles. The topological polar surface area (TPSA) is 46.6 Å². The minimum atomic E-state index is -4.77. The lowest BCUT2D eigenvalue weighted by Gasteiger charge is -2.28. The second kappa shape index (κ2) is 7.38. The molecule has 1 aromatic rings. The van der Waals surface area contributed by atoms with Crippen molar-refractivity contribution in [3.63, 3.8) is 0 Å². The average molecular weight is 339 g/mol. The van der Waals surface area contributed by atoms with Crippen molar-refractivity contribution < 1.29 is 36.3 Å². The van der Waals surface area contributed by atoms with E-state index in [9.17, 15) is 31.5 Å². The molecule has 1 unspecified atom stereocenters. The van der Waals surface area contributed by atoms with Crippen LogP contribution in [0.1, 0.15) is 12.5 Å². The van der Waals surface area contributed by atoms with Crippen LogP contribution in [-0.4, -0.2) is 42.6 Å². The Bertz CT molecular complexity index is 588. The predicted molar refractivity (Wildman–Crippen MR) is 69.3 cm³/mol. The van der Waals surface area contributed by atoms with Gasteiger partial charge in [0.05, 0.1) is 13.5 Å². The molecule has 0 bridgehead atoms. The van der Waals surface area contributed by atoms with Gasteiger partial charge in [0.15, 0.2) is 0 Å². The van der Waals surface area contributed by atoms with Crippen molar-refractivity contribution in [2.24, 2.45) is 0 Å². The lowest BCUT2D eigenvalue weighted by Crippen LogP contribution is -2.48. The van der Waals surface area contributed by atoms with E-state index in [2.05, 4.69) is 4.74 Å². The van der Waals surface area contributed by atoms with E-state index in [1.165, 1.54) is 0 Å². The second-order valence-corrected chi connectivity index (χ2v) is 4.75. The van der Waals surface area contributed by atoms with Gasteiger partial charge in [-0.1, -0.05) is 0 Å². The van der Waals surface area contributed by atoms with Gasteiger partial charge in [0, 0.05) is 5.56 Å². The first-order valence-electron chi connectivity index (χ1n) is 6.43. The Morgan fingerprint density at radius 1 is 1.26 bits per heavy atom. The van der Waals surface area contributed by atoms with E-state index in [1.807, 2.05) is 0 Å². The number of benzene rings is 1. The number of alkyl halides is 3. The van der Waals surface area contributed by atoms with E-state index in [0.717, 1.165) is 26.2 Å². The molecular weight excluding hydrogens is 325 g/mol. The predicted octanol–water partition coefficient (Wildman–Crippen LogP) is 2.46. The number of nitrogens with zero attached hydrogens (tertiary/aromatic N) is 1. The first kappa shape index (κ1) is 18.9. The van der Waals surface area contributed by atoms with E-state index in [-0.39, 0.29) is 4.90 Å². The van der Waals surface area contributed by atoms with Gasteiger partial charge in [-0.3, -0.25) is 4.79 Å². The highest BCUT2D eigenvalue weighted by Crippen LogP contribution is 2.20. The molecule has 0 aliphatic carbocycles. The Balaban J connectivity index is 3.03. The van der Waals surface area contributed by atoms with Gasteiger partial charge < -0.3 is 9.64 Å². The fourth-order valence-corrected chi connectivity index (χ4v) is 1.88. The van der Waals surface area contributed by atoms with Crippen LogP contribution in [0.25, 0.3) is 0 Å². The van der Waals surface area contributed by atoms with Crippen LogP contribution >= 0.6 is 0 Å². The molecule has 0 aliphatic heterocycles. The maximum Gasteiger partial charge on any atom is 0.406 e. The third-order valence-electron chi connectivity index (χ3n) is 3.03. The molecular formula is C14H14F5NO3. The average Bonchev–Trinajstić information content (AvgIpc) is 2.46. The van der Waals surface area contributed by atoms with Crippen LogP contribution in [-0.2, 0) is 20.7 Å². The fraction of sp³-hybridized carbons (Fsp3) is 0.429. The molecule has 0 fully saturated rings. The molecule has 0 spiro atoms. The molecule has 9 heteroatoms. The van der Waals surface area contributed by atoms with Gasteiger partial charge in [0.2, 0.25) is 5.91 Å². The molecule has 0 aliphatic rings. The van der Waals surface area contributed by atoms with Crippen LogP contribution in [0, 0.1) is 11.6 Å². The zero-order valence-electron chi connectivity index (χ0n) is 12.3. The summed E-state index contributed by atoms with van der Waals surface area (Å²) in [4.78, 5) is 23.7. The van der Waals surface area contributed by atoms with Gasteiger partial charge in [-0.15, -0.1) is 0 Å². The highest BCUT2D eigenvalue weighted by molar-refractivity contribution is 5.85. The monoisotopic (exact) mass is 339 g/mol. The highest BCUT2D eigenvalue weighted by atomic mass is 19.4. The van der Waals surface area contributed by atoms with Crippen molar-refractivity contribution in [3.8, 4) is 0 Å². The van der Waals surface area contributed by atoms with Gasteiger partial charge in [-0.05, 0) is 25.1 Å². The number of rotatable bonds is 5. The van der Waals surface area contributed by atoms with Gasteiger partial charge in [-0.2, -0.15) is 13.2 Å². The largest absolute Gasteiger partial charge is 0.467 e. The molecule has 1 amide bonds. The summed E-state index contributed by atoms with van der Waals surface area (Å²) in [5.41, 5.74) is -0.403. The van der Waals surface area contributed by atoms with Crippen molar-refractivity contribution in [2.75, 3.05) is 13.7 Å². The van der Waals surface area contributed by atoms with Gasteiger partial charge in [0.25, 0.3) is 0 Å². The lowest BCUT2D eigenvalue weighted by atomic mass is 10.1. The van der Waals surface area contributed by atoms with Crippen LogP contribution in [0.4, 0.5) is 22.0 Å². The van der Waals surface area contributed by atoms with Crippen molar-refractivity contribution in [1.29, 1.82) is 0 Å². The second-order valence-electron chi connectivity index (χ2n) is 4.75. The zero-order valence-corrected chi connectivity index (χ0v) is 12.3. The zero-order chi connectivity index (χ0) is 17.8. The SMILES string of the molecule is COC(=O)C(C)N(CC(F)(F)F)C(=O)Cc1cc(F)ccc1F. The minimum absolute atomic E-state index is 0.218. The Kier molecular flexibility index (Phi) is 6.05. The molecule has 128 valence electrons. The number of hydrogen-bond acceptors (Lipinski definition) is 3. The van der Waals surface area contributed by atoms with Crippen LogP contribution in [0.15, 0.2) is 18.2 Å². The standard InChI is InChI=1S/C14H14F5NO3/c1-8(13(22)23-2)20(7-14(17,18)19)12(21)6-9-5-10(15)3-4-11(9)16/h3-5,8H,6-7H2,1-2H3. The molecule has 23 heavy (non-hydrogen) atoms. The Hall–Kier alpha value is -2.19. The number of ether oxygens (including phenoxy) is 1. The summed E-state index contributed by atoms with van der Waals surface area (Å²) in [6.45, 7) is -0.656. The summed E-state index contributed by atoms with van der Waals surface area (Å²) in [7, 11) is 0.960. The molecule has 1 atom stereocenters. The lowest BCUT2D eigenvalue weighted by molar-refractivity contribution is -0.172. The van der Waals surface area contributed by atoms with Crippen molar-refractivity contribution >= 4 is 11.9 Å². The smallest absolute Gasteiger partial charge is 0.406 e. The first-order chi connectivity index (χ1) is 10.5. The normalized spacial score (nSPS) is 12.7. The molecule has 0 radical (unpaired) electrons. The summed E-state index contributed by atoms with van der Waals surface area (Å²) in [6.07, 6.45) is -5.58. The summed E-state index contributed by atoms with van der Waals surface area (Å²) < 4.78 is 68.7. The van der Waals surface area contributed by atoms with Gasteiger partial charge in [-0.25, -0.2) is 13.6 Å². The third kappa shape index (κ3) is 5.50. The number of esters is 1. The molecule has 1 rings (SSSR count). The Morgan fingerprint density at radius 2 is 1.87 bits per heavy atom. The van der Waals surface area contributed by atoms with Crippen LogP contribution in [0.3, 0.4) is 0 Å². The van der Waals surface area contributed by atoms with E-state index >= 15 is 0 Å². The van der Waals surface area contributed by atoms with Gasteiger partial charge in [0.1, 0.15) is 24.2 Å². The van der Waals surface area contributed by atoms with Gasteiger partial charge >= 0.3 is 12.1 Å². The summed E-state index contributed by atoms with van der Waals surface area (Å²) in [6, 6.07) is 0.761. The van der Waals surface area contributed by atoms with Crippen LogP contribution in [0.5, 0.6) is 0 Å². The Labute approximate surface area is 128 Å². The third-order valence-corrected chi connectivity index (χ3v) is 3.03. The number of hydrogen-bond donors (Lipinski definition) is 0. The maximum absolute atomic E-state index is 13.5. The minimum Gasteiger partial charge on any atom is -0.467 e. The molecule has 0 heterocycles. The highest BCUT2D eigenvalue weighted by Gasteiger charge is 2.37. The maximum atomic E-state index is 13.5. The molecule has 0 saturated carbocycles. The molecule has 1 aromatic carbocycles. The van der Waals surface area contributed by atoms with Crippen LogP contribution < -0.4 is 0 Å². The summed E-state index contributed by atoms with van der Waals surface area (Å²) in [5, 5.41) is 0. The Morgan fingerprint density at radius 3 is 2.39 bits per heavy atom. The van der Waals surface area contributed by atoms with Crippen LogP contribution in [0.2, 0.25) is 0 Å². The van der Waals surface area contributed by atoms with E-state index in [1.54, 1.807) is 0 Å².